The van der Waals surface area contributed by atoms with Crippen LogP contribution in [0.25, 0.3) is 55.9 Å². The van der Waals surface area contributed by atoms with E-state index < -0.39 is 0 Å². The molecule has 6 aromatic rings. The van der Waals surface area contributed by atoms with Crippen LogP contribution in [0.1, 0.15) is 0 Å². The lowest BCUT2D eigenvalue weighted by Crippen LogP contribution is -1.83. The minimum Gasteiger partial charge on any atom is -0.338 e. The van der Waals surface area contributed by atoms with Crippen molar-refractivity contribution in [2.75, 3.05) is 0 Å². The molecule has 3 aromatic carbocycles. The van der Waals surface area contributed by atoms with Gasteiger partial charge < -0.3 is 9.97 Å². The normalized spacial score (nSPS) is 11.7. The number of para-hydroxylation sites is 5. The smallest absolute Gasteiger partial charge is 0.159 e. The average Bonchev–Trinajstić information content (AvgIpc) is 3.42. The van der Waals surface area contributed by atoms with Crippen molar-refractivity contribution in [2.45, 2.75) is 0 Å². The van der Waals surface area contributed by atoms with Crippen LogP contribution in [-0.2, 0) is 0 Å². The van der Waals surface area contributed by atoms with Gasteiger partial charge >= 0.3 is 0 Å². The number of hydrogen-bond donors (Lipinski definition) is 3. The topological polar surface area (TPSA) is 86.0 Å². The molecule has 0 aliphatic rings. The zero-order valence-corrected chi connectivity index (χ0v) is 14.2. The molecule has 0 aliphatic carbocycles. The Labute approximate surface area is 153 Å². The molecule has 3 heterocycles. The molecular formula is C21H14N6. The second-order valence-corrected chi connectivity index (χ2v) is 6.51. The van der Waals surface area contributed by atoms with Crippen LogP contribution in [0.4, 0.5) is 0 Å². The van der Waals surface area contributed by atoms with E-state index in [9.17, 15) is 0 Å². The summed E-state index contributed by atoms with van der Waals surface area (Å²) in [7, 11) is 0. The number of nitrogens with one attached hydrogen (secondary N) is 3. The van der Waals surface area contributed by atoms with E-state index in [4.69, 9.17) is 4.98 Å². The first-order valence-corrected chi connectivity index (χ1v) is 8.74. The second-order valence-electron chi connectivity index (χ2n) is 6.51. The van der Waals surface area contributed by atoms with Crippen molar-refractivity contribution >= 4 is 33.0 Å². The lowest BCUT2D eigenvalue weighted by Gasteiger charge is -1.99. The van der Waals surface area contributed by atoms with E-state index in [1.54, 1.807) is 0 Å². The van der Waals surface area contributed by atoms with Gasteiger partial charge in [-0.15, -0.1) is 0 Å². The molecule has 0 amide bonds. The van der Waals surface area contributed by atoms with Gasteiger partial charge in [-0.1, -0.05) is 36.4 Å². The minimum atomic E-state index is 0.754. The van der Waals surface area contributed by atoms with Crippen molar-refractivity contribution in [3.05, 3.63) is 66.7 Å². The van der Waals surface area contributed by atoms with Crippen LogP contribution in [0, 0.1) is 0 Å². The van der Waals surface area contributed by atoms with Gasteiger partial charge in [0, 0.05) is 10.9 Å². The molecule has 3 N–H and O–H groups in total. The monoisotopic (exact) mass is 350 g/mol. The van der Waals surface area contributed by atoms with E-state index in [0.29, 0.717) is 0 Å². The van der Waals surface area contributed by atoms with Gasteiger partial charge in [-0.25, -0.2) is 9.97 Å². The summed E-state index contributed by atoms with van der Waals surface area (Å²) in [5, 5.41) is 8.72. The molecule has 0 saturated carbocycles. The highest BCUT2D eigenvalue weighted by Gasteiger charge is 2.16. The van der Waals surface area contributed by atoms with Crippen LogP contribution >= 0.6 is 0 Å². The molecule has 128 valence electrons. The fourth-order valence-electron chi connectivity index (χ4n) is 3.57. The molecule has 6 rings (SSSR count). The molecule has 27 heavy (non-hydrogen) atoms. The number of aromatic nitrogens is 6. The Bertz CT molecular complexity index is 1370. The first-order chi connectivity index (χ1) is 13.4. The summed E-state index contributed by atoms with van der Waals surface area (Å²) in [6.45, 7) is 0. The Morgan fingerprint density at radius 2 is 1.30 bits per heavy atom. The molecule has 0 aliphatic heterocycles. The van der Waals surface area contributed by atoms with Gasteiger partial charge in [0.05, 0.1) is 27.6 Å². The summed E-state index contributed by atoms with van der Waals surface area (Å²) in [5.74, 6) is 1.57. The Hall–Kier alpha value is -3.93. The zero-order chi connectivity index (χ0) is 17.8. The summed E-state index contributed by atoms with van der Waals surface area (Å²) in [6.07, 6.45) is 0. The highest BCUT2D eigenvalue weighted by Crippen LogP contribution is 2.32. The van der Waals surface area contributed by atoms with Gasteiger partial charge in [-0.3, -0.25) is 5.10 Å². The van der Waals surface area contributed by atoms with Crippen molar-refractivity contribution in [3.8, 4) is 22.9 Å². The molecular weight excluding hydrogens is 336 g/mol. The fraction of sp³-hybridized carbons (Fsp3) is 0. The van der Waals surface area contributed by atoms with Crippen molar-refractivity contribution in [3.63, 3.8) is 0 Å². The second kappa shape index (κ2) is 5.28. The number of H-pyrrole nitrogens is 3. The third-order valence-corrected chi connectivity index (χ3v) is 4.86. The number of imidazole rings is 2. The summed E-state index contributed by atoms with van der Waals surface area (Å²) in [4.78, 5) is 16.2. The van der Waals surface area contributed by atoms with Crippen molar-refractivity contribution in [1.29, 1.82) is 0 Å². The summed E-state index contributed by atoms with van der Waals surface area (Å²) < 4.78 is 0. The van der Waals surface area contributed by atoms with E-state index in [-0.39, 0.29) is 0 Å². The summed E-state index contributed by atoms with van der Waals surface area (Å²) in [6, 6.07) is 22.1. The zero-order valence-electron chi connectivity index (χ0n) is 14.2. The van der Waals surface area contributed by atoms with Crippen LogP contribution in [0.2, 0.25) is 0 Å². The SMILES string of the molecule is c1ccc2[nH]c(-c3n[nH]c4c(-c5nc6ccccc6[nH]5)cccc34)nc2c1. The van der Waals surface area contributed by atoms with Crippen molar-refractivity contribution in [2.24, 2.45) is 0 Å². The van der Waals surface area contributed by atoms with E-state index >= 15 is 0 Å². The molecule has 0 fully saturated rings. The highest BCUT2D eigenvalue weighted by atomic mass is 15.1. The molecule has 0 atom stereocenters. The van der Waals surface area contributed by atoms with Gasteiger partial charge in [0.15, 0.2) is 5.82 Å². The number of fused-ring (bicyclic) bond motifs is 3. The predicted octanol–water partition coefficient (Wildman–Crippen LogP) is 4.65. The molecule has 6 nitrogen and oxygen atoms in total. The van der Waals surface area contributed by atoms with E-state index in [0.717, 1.165) is 55.9 Å². The highest BCUT2D eigenvalue weighted by molar-refractivity contribution is 6.00. The van der Waals surface area contributed by atoms with E-state index in [2.05, 4.69) is 25.1 Å². The number of rotatable bonds is 2. The number of aromatic amines is 3. The van der Waals surface area contributed by atoms with Gasteiger partial charge in [0.1, 0.15) is 11.5 Å². The predicted molar refractivity (Wildman–Crippen MR) is 106 cm³/mol. The van der Waals surface area contributed by atoms with Crippen LogP contribution < -0.4 is 0 Å². The fourth-order valence-corrected chi connectivity index (χ4v) is 3.57. The molecule has 6 heteroatoms. The largest absolute Gasteiger partial charge is 0.338 e. The minimum absolute atomic E-state index is 0.754. The Morgan fingerprint density at radius 1 is 0.630 bits per heavy atom. The summed E-state index contributed by atoms with van der Waals surface area (Å²) >= 11 is 0. The Kier molecular flexibility index (Phi) is 2.79. The molecule has 3 aromatic heterocycles. The van der Waals surface area contributed by atoms with Crippen LogP contribution in [0.3, 0.4) is 0 Å². The molecule has 0 unspecified atom stereocenters. The number of nitrogens with zero attached hydrogens (tertiary/aromatic N) is 3. The number of benzene rings is 3. The molecule has 0 spiro atoms. The van der Waals surface area contributed by atoms with Gasteiger partial charge in [0.25, 0.3) is 0 Å². The maximum Gasteiger partial charge on any atom is 0.159 e. The lowest BCUT2D eigenvalue weighted by molar-refractivity contribution is 1.10. The maximum absolute atomic E-state index is 4.72. The first kappa shape index (κ1) is 14.3. The molecule has 0 saturated heterocycles. The lowest BCUT2D eigenvalue weighted by atomic mass is 10.1. The van der Waals surface area contributed by atoms with Crippen LogP contribution in [-0.4, -0.2) is 30.1 Å². The maximum atomic E-state index is 4.72. The van der Waals surface area contributed by atoms with Gasteiger partial charge in [-0.05, 0) is 30.3 Å². The summed E-state index contributed by atoms with van der Waals surface area (Å²) in [5.41, 5.74) is 6.61. The molecule has 0 bridgehead atoms. The van der Waals surface area contributed by atoms with Gasteiger partial charge in [0.2, 0.25) is 0 Å². The van der Waals surface area contributed by atoms with Gasteiger partial charge in [-0.2, -0.15) is 5.10 Å². The third kappa shape index (κ3) is 2.10. The van der Waals surface area contributed by atoms with Crippen LogP contribution in [0.15, 0.2) is 66.7 Å². The van der Waals surface area contributed by atoms with Crippen molar-refractivity contribution in [1.82, 2.24) is 30.1 Å². The van der Waals surface area contributed by atoms with E-state index in [1.165, 1.54) is 0 Å². The standard InChI is InChI=1S/C21H14N6/c1-2-9-15-14(8-1)22-20(23-15)13-7-5-6-12-18(13)26-27-19(12)21-24-16-10-3-4-11-17(16)25-21/h1-11H,(H,22,23)(H,24,25)(H,26,27). The van der Waals surface area contributed by atoms with Crippen molar-refractivity contribution < 1.29 is 0 Å². The third-order valence-electron chi connectivity index (χ3n) is 4.86. The Balaban J connectivity index is 1.56. The van der Waals surface area contributed by atoms with E-state index in [1.807, 2.05) is 66.7 Å². The number of hydrogen-bond acceptors (Lipinski definition) is 3. The first-order valence-electron chi connectivity index (χ1n) is 8.74. The molecule has 0 radical (unpaired) electrons. The van der Waals surface area contributed by atoms with Crippen LogP contribution in [0.5, 0.6) is 0 Å². The quantitative estimate of drug-likeness (QED) is 0.425. The Morgan fingerprint density at radius 3 is 2.04 bits per heavy atom. The average molecular weight is 350 g/mol.